The van der Waals surface area contributed by atoms with E-state index in [2.05, 4.69) is 9.97 Å². The van der Waals surface area contributed by atoms with E-state index in [0.717, 1.165) is 5.69 Å². The second-order valence-electron chi connectivity index (χ2n) is 3.49. The van der Waals surface area contributed by atoms with E-state index in [0.29, 0.717) is 12.4 Å². The second kappa shape index (κ2) is 4.46. The Labute approximate surface area is 98.6 Å². The van der Waals surface area contributed by atoms with Crippen LogP contribution in [0, 0.1) is 29.6 Å². The summed E-state index contributed by atoms with van der Waals surface area (Å²) in [4.78, 5) is 8.23. The van der Waals surface area contributed by atoms with Crippen molar-refractivity contribution in [1.82, 2.24) is 14.5 Å². The van der Waals surface area contributed by atoms with Gasteiger partial charge in [0.15, 0.2) is 11.4 Å². The Bertz CT molecular complexity index is 613. The first-order valence-corrected chi connectivity index (χ1v) is 5.03. The molecule has 0 spiro atoms. The van der Waals surface area contributed by atoms with Crippen molar-refractivity contribution >= 4 is 0 Å². The Morgan fingerprint density at radius 2 is 2.12 bits per heavy atom. The van der Waals surface area contributed by atoms with Gasteiger partial charge in [0.1, 0.15) is 18.0 Å². The molecule has 2 rings (SSSR count). The Balaban J connectivity index is 2.44. The summed E-state index contributed by atoms with van der Waals surface area (Å²) in [6, 6.07) is 9.50. The summed E-state index contributed by atoms with van der Waals surface area (Å²) in [6.07, 6.45) is 1.69. The van der Waals surface area contributed by atoms with Gasteiger partial charge in [-0.2, -0.15) is 10.5 Å². The van der Waals surface area contributed by atoms with Gasteiger partial charge >= 0.3 is 0 Å². The van der Waals surface area contributed by atoms with Crippen LogP contribution in [0.15, 0.2) is 24.4 Å². The maximum Gasteiger partial charge on any atom is 0.177 e. The molecule has 0 fully saturated rings. The Kier molecular flexibility index (Phi) is 2.85. The molecule has 82 valence electrons. The molecule has 0 amide bonds. The fourth-order valence-corrected chi connectivity index (χ4v) is 1.60. The highest BCUT2D eigenvalue weighted by Crippen LogP contribution is 2.11. The van der Waals surface area contributed by atoms with Crippen molar-refractivity contribution in [3.8, 4) is 12.1 Å². The molecule has 0 aliphatic heterocycles. The standard InChI is InChI=1S/C12H9N5/c1-9-16-11(6-13)12(7-14)17(9)8-10-4-2-3-5-15-10/h2-5H,8H2,1H3. The quantitative estimate of drug-likeness (QED) is 0.770. The summed E-state index contributed by atoms with van der Waals surface area (Å²) in [5, 5.41) is 17.9. The molecule has 0 atom stereocenters. The normalized spacial score (nSPS) is 9.59. The van der Waals surface area contributed by atoms with Crippen molar-refractivity contribution in [2.24, 2.45) is 0 Å². The molecule has 0 saturated heterocycles. The van der Waals surface area contributed by atoms with Crippen LogP contribution in [-0.4, -0.2) is 14.5 Å². The summed E-state index contributed by atoms with van der Waals surface area (Å²) in [5.41, 5.74) is 1.28. The van der Waals surface area contributed by atoms with Crippen molar-refractivity contribution in [2.45, 2.75) is 13.5 Å². The number of imidazole rings is 1. The highest BCUT2D eigenvalue weighted by molar-refractivity contribution is 5.38. The summed E-state index contributed by atoms with van der Waals surface area (Å²) < 4.78 is 1.70. The molecular formula is C12H9N5. The van der Waals surface area contributed by atoms with Gasteiger partial charge in [0.05, 0.1) is 12.2 Å². The molecule has 0 aliphatic rings. The maximum absolute atomic E-state index is 9.04. The first-order chi connectivity index (χ1) is 8.26. The summed E-state index contributed by atoms with van der Waals surface area (Å²) >= 11 is 0. The third-order valence-corrected chi connectivity index (χ3v) is 2.42. The Morgan fingerprint density at radius 1 is 1.29 bits per heavy atom. The van der Waals surface area contributed by atoms with E-state index in [1.807, 2.05) is 30.3 Å². The van der Waals surface area contributed by atoms with Gasteiger partial charge in [-0.25, -0.2) is 4.98 Å². The van der Waals surface area contributed by atoms with Gasteiger partial charge in [0, 0.05) is 6.20 Å². The summed E-state index contributed by atoms with van der Waals surface area (Å²) in [6.45, 7) is 2.22. The maximum atomic E-state index is 9.04. The molecule has 2 aromatic heterocycles. The van der Waals surface area contributed by atoms with E-state index in [1.165, 1.54) is 0 Å². The van der Waals surface area contributed by atoms with E-state index in [9.17, 15) is 0 Å². The largest absolute Gasteiger partial charge is 0.313 e. The highest BCUT2D eigenvalue weighted by atomic mass is 15.1. The van der Waals surface area contributed by atoms with E-state index in [-0.39, 0.29) is 11.4 Å². The topological polar surface area (TPSA) is 78.3 Å². The lowest BCUT2D eigenvalue weighted by atomic mass is 10.3. The van der Waals surface area contributed by atoms with Crippen molar-refractivity contribution in [3.05, 3.63) is 47.3 Å². The molecule has 5 heteroatoms. The van der Waals surface area contributed by atoms with Gasteiger partial charge in [-0.15, -0.1) is 0 Å². The lowest BCUT2D eigenvalue weighted by Gasteiger charge is -2.05. The third-order valence-electron chi connectivity index (χ3n) is 2.42. The van der Waals surface area contributed by atoms with Crippen molar-refractivity contribution in [2.75, 3.05) is 0 Å². The number of rotatable bonds is 2. The number of aromatic nitrogens is 3. The lowest BCUT2D eigenvalue weighted by molar-refractivity contribution is 0.733. The van der Waals surface area contributed by atoms with Crippen LogP contribution in [0.25, 0.3) is 0 Å². The van der Waals surface area contributed by atoms with Gasteiger partial charge in [-0.05, 0) is 19.1 Å². The average Bonchev–Trinajstić information content (AvgIpc) is 2.67. The predicted octanol–water partition coefficient (Wildman–Crippen LogP) is 1.38. The first kappa shape index (κ1) is 10.8. The Hall–Kier alpha value is -2.66. The molecule has 0 bridgehead atoms. The van der Waals surface area contributed by atoms with Crippen molar-refractivity contribution < 1.29 is 0 Å². The molecule has 17 heavy (non-hydrogen) atoms. The molecular weight excluding hydrogens is 214 g/mol. The number of pyridine rings is 1. The second-order valence-corrected chi connectivity index (χ2v) is 3.49. The minimum absolute atomic E-state index is 0.168. The minimum atomic E-state index is 0.168. The Morgan fingerprint density at radius 3 is 2.71 bits per heavy atom. The van der Waals surface area contributed by atoms with E-state index >= 15 is 0 Å². The molecule has 0 unspecified atom stereocenters. The monoisotopic (exact) mass is 223 g/mol. The molecule has 0 aliphatic carbocycles. The minimum Gasteiger partial charge on any atom is -0.313 e. The van der Waals surface area contributed by atoms with E-state index < -0.39 is 0 Å². The van der Waals surface area contributed by atoms with Gasteiger partial charge < -0.3 is 4.57 Å². The van der Waals surface area contributed by atoms with Crippen LogP contribution in [0.1, 0.15) is 22.9 Å². The zero-order valence-electron chi connectivity index (χ0n) is 9.25. The number of hydrogen-bond acceptors (Lipinski definition) is 4. The smallest absolute Gasteiger partial charge is 0.177 e. The molecule has 0 N–H and O–H groups in total. The molecule has 0 radical (unpaired) electrons. The van der Waals surface area contributed by atoms with E-state index in [1.54, 1.807) is 17.7 Å². The third kappa shape index (κ3) is 1.99. The fourth-order valence-electron chi connectivity index (χ4n) is 1.60. The van der Waals surface area contributed by atoms with Crippen LogP contribution >= 0.6 is 0 Å². The fraction of sp³-hybridized carbons (Fsp3) is 0.167. The van der Waals surface area contributed by atoms with Gasteiger partial charge in [0.25, 0.3) is 0 Å². The first-order valence-electron chi connectivity index (χ1n) is 5.03. The van der Waals surface area contributed by atoms with Crippen molar-refractivity contribution in [3.63, 3.8) is 0 Å². The number of nitrogens with zero attached hydrogens (tertiary/aromatic N) is 5. The molecule has 0 aromatic carbocycles. The number of aryl methyl sites for hydroxylation is 1. The number of nitriles is 2. The summed E-state index contributed by atoms with van der Waals surface area (Å²) in [7, 11) is 0. The van der Waals surface area contributed by atoms with Crippen LogP contribution in [0.2, 0.25) is 0 Å². The lowest BCUT2D eigenvalue weighted by Crippen LogP contribution is -2.06. The van der Waals surface area contributed by atoms with Crippen LogP contribution in [0.5, 0.6) is 0 Å². The zero-order chi connectivity index (χ0) is 12.3. The predicted molar refractivity (Wildman–Crippen MR) is 59.7 cm³/mol. The molecule has 2 heterocycles. The molecule has 5 nitrogen and oxygen atoms in total. The van der Waals surface area contributed by atoms with Gasteiger partial charge in [0.2, 0.25) is 0 Å². The number of hydrogen-bond donors (Lipinski definition) is 0. The van der Waals surface area contributed by atoms with Crippen LogP contribution in [0.4, 0.5) is 0 Å². The van der Waals surface area contributed by atoms with Gasteiger partial charge in [-0.3, -0.25) is 4.98 Å². The molecule has 0 saturated carbocycles. The summed E-state index contributed by atoms with van der Waals surface area (Å²) in [5.74, 6) is 0.642. The van der Waals surface area contributed by atoms with Crippen LogP contribution in [0.3, 0.4) is 0 Å². The molecule has 2 aromatic rings. The average molecular weight is 223 g/mol. The highest BCUT2D eigenvalue weighted by Gasteiger charge is 2.14. The van der Waals surface area contributed by atoms with Crippen LogP contribution < -0.4 is 0 Å². The van der Waals surface area contributed by atoms with Gasteiger partial charge in [-0.1, -0.05) is 6.07 Å². The van der Waals surface area contributed by atoms with E-state index in [4.69, 9.17) is 10.5 Å². The van der Waals surface area contributed by atoms with Crippen LogP contribution in [-0.2, 0) is 6.54 Å². The van der Waals surface area contributed by atoms with Crippen molar-refractivity contribution in [1.29, 1.82) is 10.5 Å². The SMILES string of the molecule is Cc1nc(C#N)c(C#N)n1Cc1ccccn1. The zero-order valence-corrected chi connectivity index (χ0v) is 9.25.